The molecule has 2 aromatic rings. The minimum atomic E-state index is -2.02. The number of nitrogens with zero attached hydrogens (tertiary/aromatic N) is 4. The van der Waals surface area contributed by atoms with Gasteiger partial charge in [0.15, 0.2) is 36.3 Å². The van der Waals surface area contributed by atoms with Crippen molar-refractivity contribution < 1.29 is 73.8 Å². The molecule has 0 bridgehead atoms. The molecular formula is C50H73N5O15. The Hall–Kier alpha value is -3.86. The molecular weight excluding hydrogens is 911 g/mol. The Balaban J connectivity index is 0.931. The van der Waals surface area contributed by atoms with Crippen molar-refractivity contribution >= 4 is 34.9 Å². The Morgan fingerprint density at radius 1 is 0.786 bits per heavy atom. The zero-order valence-corrected chi connectivity index (χ0v) is 41.4. The molecule has 9 rings (SSSR count). The highest BCUT2D eigenvalue weighted by Crippen LogP contribution is 2.76. The van der Waals surface area contributed by atoms with Gasteiger partial charge >= 0.3 is 17.9 Å². The van der Waals surface area contributed by atoms with Gasteiger partial charge in [0.05, 0.1) is 24.4 Å². The van der Waals surface area contributed by atoms with Crippen molar-refractivity contribution in [3.8, 4) is 0 Å². The lowest BCUT2D eigenvalue weighted by atomic mass is 9.33. The van der Waals surface area contributed by atoms with Gasteiger partial charge in [0, 0.05) is 0 Å². The number of hydrogen-bond donors (Lipinski definition) is 8. The summed E-state index contributed by atoms with van der Waals surface area (Å²) in [6.45, 7) is 18.4. The van der Waals surface area contributed by atoms with Gasteiger partial charge < -0.3 is 69.7 Å². The number of imidazole rings is 1. The van der Waals surface area contributed by atoms with Crippen molar-refractivity contribution in [3.63, 3.8) is 0 Å². The molecule has 1 unspecified atom stereocenters. The fourth-order valence-electron chi connectivity index (χ4n) is 15.2. The molecule has 9 N–H and O–H groups in total. The zero-order chi connectivity index (χ0) is 50.8. The number of anilines is 1. The van der Waals surface area contributed by atoms with Crippen LogP contribution in [0.15, 0.2) is 24.3 Å². The first-order chi connectivity index (χ1) is 32.7. The maximum Gasteiger partial charge on any atom is 0.335 e. The van der Waals surface area contributed by atoms with Gasteiger partial charge in [-0.3, -0.25) is 4.79 Å². The first-order valence-corrected chi connectivity index (χ1v) is 25.0. The number of carbonyl (C=O) groups is 3. The summed E-state index contributed by atoms with van der Waals surface area (Å²) in [5.41, 5.74) is 7.03. The number of allylic oxidation sites excluding steroid dienone is 2. The van der Waals surface area contributed by atoms with Crippen LogP contribution in [0.5, 0.6) is 0 Å². The van der Waals surface area contributed by atoms with Crippen LogP contribution in [0.1, 0.15) is 120 Å². The van der Waals surface area contributed by atoms with E-state index in [0.717, 1.165) is 51.4 Å². The number of ether oxygens (including phenoxy) is 5. The van der Waals surface area contributed by atoms with E-state index in [1.165, 1.54) is 11.9 Å². The van der Waals surface area contributed by atoms with Crippen molar-refractivity contribution in [1.29, 1.82) is 0 Å². The first-order valence-electron chi connectivity index (χ1n) is 25.0. The van der Waals surface area contributed by atoms with Gasteiger partial charge in [-0.05, 0) is 123 Å². The molecule has 2 aliphatic heterocycles. The summed E-state index contributed by atoms with van der Waals surface area (Å²) in [5, 5.41) is 73.4. The lowest BCUT2D eigenvalue weighted by molar-refractivity contribution is -0.371. The Bertz CT molecular complexity index is 2400. The number of aliphatic hydroxyl groups is 5. The third kappa shape index (κ3) is 7.88. The van der Waals surface area contributed by atoms with E-state index >= 15 is 0 Å². The van der Waals surface area contributed by atoms with Gasteiger partial charge in [-0.25, -0.2) is 24.5 Å². The van der Waals surface area contributed by atoms with Crippen molar-refractivity contribution in [2.75, 3.05) is 5.73 Å². The Morgan fingerprint density at radius 2 is 1.44 bits per heavy atom. The molecule has 388 valence electrons. The minimum absolute atomic E-state index is 0.0417. The number of carboxylic acids is 2. The number of fused-ring (bicyclic) bond motifs is 8. The summed E-state index contributed by atoms with van der Waals surface area (Å²) in [7, 11) is 0. The van der Waals surface area contributed by atoms with E-state index in [-0.39, 0.29) is 39.5 Å². The number of carbonyl (C=O) groups excluding carboxylic acids is 1. The maximum atomic E-state index is 14.3. The highest BCUT2D eigenvalue weighted by Gasteiger charge is 2.69. The van der Waals surface area contributed by atoms with E-state index in [9.17, 15) is 50.1 Å². The molecule has 20 heteroatoms. The SMILES string of the molecule is CC(Cn1cnc2c(N)ncnc21)OC(=O)[C@@]1(C)CC[C@]2(C)CC[C@]3(C)C(=CC[C@@H]4[C@@]5(C)CC[C@H](O[C@H]6O[C@H](C(=O)O)[C@@H](O)[C@H](O)[C@H]6O[C@@H]6O[C@H](C(=O)O)[C@@H](O)[C@H](O)[C@H]6O)C(C)(C)[C@@H]5CC[C@]43C)[C@@H]2C1. The average Bonchev–Trinajstić information content (AvgIpc) is 3.70. The Morgan fingerprint density at radius 3 is 2.13 bits per heavy atom. The second-order valence-corrected chi connectivity index (χ2v) is 23.9. The molecule has 4 heterocycles. The van der Waals surface area contributed by atoms with E-state index in [1.54, 1.807) is 6.33 Å². The standard InChI is InChI=1S/C50H73N5O15/c1-23(20-55-22-54-29-38(51)52-21-53-39(29)55)66-44(65)47(5)16-15-46(4)17-18-49(7)24(25(46)19-47)9-10-27-48(6)13-12-28(45(2,3)26(48)11-14-50(27,49)8)67-43-37(33(59)32(58)36(69-43)41(63)64)70-42-34(60)30(56)31(57)35(68-42)40(61)62/h9,21-23,25-28,30-37,42-43,56-60H,10-20H2,1-8H3,(H,61,62)(H,63,64)(H2,51,52,53)/t23?,25-,26-,27+,28-,30-,31-,32-,33-,34+,35-,36-,37+,42-,43-,46+,47-,48-,49+,50+/m0/s1. The van der Waals surface area contributed by atoms with E-state index in [2.05, 4.69) is 69.5 Å². The minimum Gasteiger partial charge on any atom is -0.479 e. The molecule has 0 aromatic carbocycles. The molecule has 20 nitrogen and oxygen atoms in total. The largest absolute Gasteiger partial charge is 0.479 e. The molecule has 0 radical (unpaired) electrons. The van der Waals surface area contributed by atoms with Gasteiger partial charge in [-0.15, -0.1) is 0 Å². The molecule has 7 aliphatic rings. The van der Waals surface area contributed by atoms with Crippen molar-refractivity contribution in [3.05, 3.63) is 24.3 Å². The van der Waals surface area contributed by atoms with Crippen LogP contribution in [0.4, 0.5) is 5.82 Å². The molecule has 2 aromatic heterocycles. The zero-order valence-electron chi connectivity index (χ0n) is 41.4. The number of nitrogen functional groups attached to an aromatic ring is 1. The van der Waals surface area contributed by atoms with Gasteiger partial charge in [-0.2, -0.15) is 0 Å². The van der Waals surface area contributed by atoms with Crippen LogP contribution in [0.25, 0.3) is 11.2 Å². The lowest BCUT2D eigenvalue weighted by Gasteiger charge is -2.71. The normalized spacial score (nSPS) is 46.0. The third-order valence-corrected chi connectivity index (χ3v) is 19.6. The summed E-state index contributed by atoms with van der Waals surface area (Å²) in [4.78, 5) is 51.3. The van der Waals surface area contributed by atoms with Crippen LogP contribution in [-0.2, 0) is 44.6 Å². The van der Waals surface area contributed by atoms with Crippen molar-refractivity contribution in [2.24, 2.45) is 50.2 Å². The topological polar surface area (TPSA) is 309 Å². The van der Waals surface area contributed by atoms with E-state index in [4.69, 9.17) is 29.4 Å². The summed E-state index contributed by atoms with van der Waals surface area (Å²) in [6.07, 6.45) is -6.26. The van der Waals surface area contributed by atoms with Gasteiger partial charge in [0.2, 0.25) is 0 Å². The third-order valence-electron chi connectivity index (χ3n) is 19.6. The maximum absolute atomic E-state index is 14.3. The van der Waals surface area contributed by atoms with E-state index in [0.29, 0.717) is 42.3 Å². The van der Waals surface area contributed by atoms with Crippen molar-refractivity contribution in [1.82, 2.24) is 19.5 Å². The number of aliphatic carboxylic acids is 2. The molecule has 0 spiro atoms. The smallest absolute Gasteiger partial charge is 0.335 e. The molecule has 4 saturated carbocycles. The Kier molecular flexibility index (Phi) is 12.9. The molecule has 0 amide bonds. The van der Waals surface area contributed by atoms with Crippen LogP contribution in [0.3, 0.4) is 0 Å². The molecule has 70 heavy (non-hydrogen) atoms. The summed E-state index contributed by atoms with van der Waals surface area (Å²) in [6, 6.07) is 0. The van der Waals surface area contributed by atoms with Gasteiger partial charge in [0.25, 0.3) is 0 Å². The number of aliphatic hydroxyl groups excluding tert-OH is 5. The van der Waals surface area contributed by atoms with Crippen LogP contribution in [-0.4, -0.2) is 147 Å². The summed E-state index contributed by atoms with van der Waals surface area (Å²) >= 11 is 0. The summed E-state index contributed by atoms with van der Waals surface area (Å²) in [5.74, 6) is -2.49. The number of hydrogen-bond acceptors (Lipinski definition) is 17. The van der Waals surface area contributed by atoms with Crippen LogP contribution in [0.2, 0.25) is 0 Å². The summed E-state index contributed by atoms with van der Waals surface area (Å²) < 4.78 is 31.8. The second-order valence-electron chi connectivity index (χ2n) is 23.9. The molecule has 2 saturated heterocycles. The number of carboxylic acid groups (broad SMARTS) is 2. The van der Waals surface area contributed by atoms with Crippen LogP contribution < -0.4 is 5.73 Å². The second kappa shape index (κ2) is 17.7. The lowest BCUT2D eigenvalue weighted by Crippen LogP contribution is -2.67. The number of aromatic nitrogens is 4. The highest BCUT2D eigenvalue weighted by atomic mass is 16.8. The van der Waals surface area contributed by atoms with Gasteiger partial charge in [-0.1, -0.05) is 53.2 Å². The van der Waals surface area contributed by atoms with Crippen LogP contribution >= 0.6 is 0 Å². The predicted octanol–water partition coefficient (Wildman–Crippen LogP) is 3.34. The number of nitrogens with two attached hydrogens (primary N) is 1. The monoisotopic (exact) mass is 984 g/mol. The van der Waals surface area contributed by atoms with Crippen molar-refractivity contribution in [2.45, 2.75) is 200 Å². The molecule has 6 fully saturated rings. The Labute approximate surface area is 407 Å². The fourth-order valence-corrected chi connectivity index (χ4v) is 15.2. The van der Waals surface area contributed by atoms with Gasteiger partial charge in [0.1, 0.15) is 54.6 Å². The fraction of sp³-hybridized carbons (Fsp3) is 0.800. The average molecular weight is 984 g/mol. The van der Waals surface area contributed by atoms with E-state index in [1.807, 2.05) is 11.5 Å². The highest BCUT2D eigenvalue weighted by molar-refractivity contribution is 5.81. The number of rotatable bonds is 10. The predicted molar refractivity (Wildman–Crippen MR) is 247 cm³/mol. The van der Waals surface area contributed by atoms with E-state index < -0.39 is 96.4 Å². The molecule has 20 atom stereocenters. The number of esters is 1. The van der Waals surface area contributed by atoms with Crippen LogP contribution in [0, 0.1) is 50.2 Å². The molecule has 5 aliphatic carbocycles. The first kappa shape index (κ1) is 51.1. The quantitative estimate of drug-likeness (QED) is 0.0962.